The molecule has 16 rings (SSSR count). The number of nitrogens with two attached hydrogens (primary N) is 4. The predicted octanol–water partition coefficient (Wildman–Crippen LogP) is 21.2. The normalized spacial score (nSPS) is 11.9. The lowest BCUT2D eigenvalue weighted by atomic mass is 9.97. The van der Waals surface area contributed by atoms with E-state index in [0.29, 0.717) is 77.7 Å². The number of halogens is 3. The number of hydrogen-bond acceptors (Lipinski definition) is 20. The van der Waals surface area contributed by atoms with Crippen molar-refractivity contribution in [2.75, 3.05) is 44.2 Å². The van der Waals surface area contributed by atoms with Crippen LogP contribution in [0.5, 0.6) is 0 Å². The predicted molar refractivity (Wildman–Crippen MR) is 464 cm³/mol. The number of anilines is 12. The molecule has 12 N–H and O–H groups in total. The minimum Gasteiger partial charge on any atom is -0.398 e. The van der Waals surface area contributed by atoms with Gasteiger partial charge in [0.1, 0.15) is 47.4 Å². The third-order valence-electron chi connectivity index (χ3n) is 19.4. The van der Waals surface area contributed by atoms with Crippen LogP contribution in [0.1, 0.15) is 74.1 Å². The number of nitrogens with one attached hydrogen (secondary N) is 4. The monoisotopic (exact) mass is 1570 g/mol. The van der Waals surface area contributed by atoms with Crippen LogP contribution in [0.25, 0.3) is 87.6 Å². The number of nitrogen functional groups attached to an aromatic ring is 4. The molecule has 0 saturated heterocycles. The van der Waals surface area contributed by atoms with Crippen LogP contribution >= 0.6 is 34.8 Å². The van der Waals surface area contributed by atoms with E-state index in [1.54, 1.807) is 121 Å². The number of nitrogens with zero attached hydrogens (tertiary/aromatic N) is 16. The van der Waals surface area contributed by atoms with E-state index in [0.717, 1.165) is 105 Å². The number of nitriles is 4. The Balaban J connectivity index is 0.000000134. The molecule has 8 aromatic carbocycles. The van der Waals surface area contributed by atoms with Crippen molar-refractivity contribution >= 4 is 147 Å². The van der Waals surface area contributed by atoms with Gasteiger partial charge in [-0.1, -0.05) is 132 Å². The lowest BCUT2D eigenvalue weighted by Crippen LogP contribution is -2.02. The zero-order chi connectivity index (χ0) is 81.3. The van der Waals surface area contributed by atoms with Crippen LogP contribution in [0, 0.1) is 73.0 Å². The summed E-state index contributed by atoms with van der Waals surface area (Å²) in [5.41, 5.74) is 43.3. The molecule has 2 unspecified atom stereocenters. The average Bonchev–Trinajstić information content (AvgIpc) is 1.51. The van der Waals surface area contributed by atoms with Gasteiger partial charge in [-0.3, -0.25) is 18.7 Å². The Bertz CT molecular complexity index is 6340. The van der Waals surface area contributed by atoms with Crippen LogP contribution in [0.4, 0.5) is 68.8 Å². The van der Waals surface area contributed by atoms with Crippen LogP contribution < -0.4 is 44.2 Å². The van der Waals surface area contributed by atoms with Crippen molar-refractivity contribution in [3.8, 4) is 68.8 Å². The van der Waals surface area contributed by atoms with Crippen LogP contribution in [0.15, 0.2) is 226 Å². The summed E-state index contributed by atoms with van der Waals surface area (Å²) in [6.45, 7) is 15.4. The minimum atomic E-state index is -0.363. The highest BCUT2D eigenvalue weighted by Gasteiger charge is 2.22. The van der Waals surface area contributed by atoms with Crippen molar-refractivity contribution in [2.45, 2.75) is 79.6 Å². The number of hydrogen-bond donors (Lipinski definition) is 8. The molecular formula is C88H77Cl3N24. The van der Waals surface area contributed by atoms with Gasteiger partial charge in [-0.15, -0.1) is 0 Å². The van der Waals surface area contributed by atoms with Crippen LogP contribution in [-0.2, 0) is 0 Å². The lowest BCUT2D eigenvalue weighted by Gasteiger charge is -2.16. The van der Waals surface area contributed by atoms with Crippen LogP contribution in [0.3, 0.4) is 0 Å². The van der Waals surface area contributed by atoms with Gasteiger partial charge in [-0.25, -0.2) is 19.9 Å². The molecule has 0 amide bonds. The topological polar surface area (TPSA) is 370 Å². The largest absolute Gasteiger partial charge is 0.398 e. The molecule has 4 atom stereocenters. The number of aryl methyl sites for hydroxylation is 4. The second-order valence-electron chi connectivity index (χ2n) is 27.5. The first-order valence-electron chi connectivity index (χ1n) is 36.4. The minimum absolute atomic E-state index is 0.323. The SMILES string of the molecule is Cc1ccccc1-c1c(Cl)c(N)c2cnc(Nc3cnn(C(C)C#N)c3)cc2c1Cl.Cc1ccccc1-c1cc(N)c2cnc(Nc3cnn(C(C)C#N)c3)cc2c1Cl.Cc1ccccc1-c1cc(N)c2cnc(Nc3cnn([C@@H](C)C#N)c3)cc2c1.Cc1ccccc1-c1cc(N)c2cnc(Nc3cnn([C@H](C)C#N)c3)cc2c1. The van der Waals surface area contributed by atoms with E-state index >= 15 is 0 Å². The Morgan fingerprint density at radius 2 is 0.643 bits per heavy atom. The van der Waals surface area contributed by atoms with Crippen molar-refractivity contribution in [3.05, 3.63) is 263 Å². The molecular weight excluding hydrogens is 1500 g/mol. The highest BCUT2D eigenvalue weighted by Crippen LogP contribution is 2.47. The third kappa shape index (κ3) is 17.3. The summed E-state index contributed by atoms with van der Waals surface area (Å²) in [5.74, 6) is 2.58. The molecule has 24 nitrogen and oxygen atoms in total. The first-order valence-corrected chi connectivity index (χ1v) is 37.5. The van der Waals surface area contributed by atoms with E-state index in [-0.39, 0.29) is 24.2 Å². The second-order valence-corrected chi connectivity index (χ2v) is 28.6. The Hall–Kier alpha value is -14.5. The van der Waals surface area contributed by atoms with Crippen molar-refractivity contribution in [1.82, 2.24) is 59.1 Å². The molecule has 27 heteroatoms. The smallest absolute Gasteiger partial charge is 0.135 e. The van der Waals surface area contributed by atoms with Gasteiger partial charge in [0.25, 0.3) is 0 Å². The van der Waals surface area contributed by atoms with E-state index in [1.165, 1.54) is 11.1 Å². The molecule has 0 spiro atoms. The van der Waals surface area contributed by atoms with Gasteiger partial charge >= 0.3 is 0 Å². The Labute approximate surface area is 678 Å². The fraction of sp³-hybridized carbons (Fsp3) is 0.136. The highest BCUT2D eigenvalue weighted by atomic mass is 35.5. The Kier molecular flexibility index (Phi) is 23.5. The Morgan fingerprint density at radius 1 is 0.330 bits per heavy atom. The number of aromatic nitrogens is 12. The number of fused-ring (bicyclic) bond motifs is 4. The van der Waals surface area contributed by atoms with Crippen molar-refractivity contribution < 1.29 is 0 Å². The molecule has 570 valence electrons. The fourth-order valence-electron chi connectivity index (χ4n) is 13.0. The number of benzene rings is 8. The van der Waals surface area contributed by atoms with E-state index < -0.39 is 0 Å². The standard InChI is InChI=1S/C22H18Cl2N6.C22H19ClN6.2C22H20N6/c1-12-5-3-4-6-15(12)19-20(23)16-7-18(27-10-17(16)22(26)21(19)24)29-14-9-28-30(11-14)13(2)8-25;1-13-5-3-4-6-16(13)17-7-20(25)19-11-26-21(8-18(19)22(17)23)28-15-10-27-29(12-15)14(2)9-24;2*1-14-5-3-4-6-19(14)16-7-17-9-22(25-12-20(17)21(24)8-16)27-18-11-26-28(13-18)15(2)10-23/h3-7,9-11,13H,26H2,1-2H3,(H,27,29);3-8,10-12,14H,25H2,1-2H3,(H,26,28);2*3-9,11-13,15H,24H2,1-2H3,(H,25,27)/t;;2*15-/m..10/s1. The van der Waals surface area contributed by atoms with Crippen molar-refractivity contribution in [2.24, 2.45) is 0 Å². The molecule has 0 aliphatic carbocycles. The molecule has 16 aromatic rings. The zero-order valence-electron chi connectivity index (χ0n) is 63.8. The maximum atomic E-state index is 9.04. The molecule has 0 aliphatic heterocycles. The summed E-state index contributed by atoms with van der Waals surface area (Å²) in [6, 6.07) is 57.5. The summed E-state index contributed by atoms with van der Waals surface area (Å²) in [5, 5.41) is 74.2. The second kappa shape index (κ2) is 34.4. The van der Waals surface area contributed by atoms with E-state index in [4.69, 9.17) is 78.8 Å². The molecule has 0 saturated carbocycles. The van der Waals surface area contributed by atoms with Gasteiger partial charge < -0.3 is 44.2 Å². The molecule has 0 fully saturated rings. The summed E-state index contributed by atoms with van der Waals surface area (Å²) in [4.78, 5) is 17.8. The van der Waals surface area contributed by atoms with E-state index in [2.05, 4.69) is 136 Å². The van der Waals surface area contributed by atoms with Gasteiger partial charge in [0.05, 0.1) is 92.6 Å². The Morgan fingerprint density at radius 3 is 1.01 bits per heavy atom. The van der Waals surface area contributed by atoms with Gasteiger partial charge in [0, 0.05) is 110 Å². The van der Waals surface area contributed by atoms with Crippen molar-refractivity contribution in [3.63, 3.8) is 0 Å². The molecule has 115 heavy (non-hydrogen) atoms. The molecule has 0 aliphatic rings. The van der Waals surface area contributed by atoms with Gasteiger partial charge in [-0.05, 0) is 176 Å². The van der Waals surface area contributed by atoms with Crippen molar-refractivity contribution in [1.29, 1.82) is 21.0 Å². The fourth-order valence-corrected chi connectivity index (χ4v) is 14.1. The number of rotatable bonds is 16. The first-order chi connectivity index (χ1) is 55.5. The maximum Gasteiger partial charge on any atom is 0.135 e. The van der Waals surface area contributed by atoms with Gasteiger partial charge in [-0.2, -0.15) is 41.4 Å². The van der Waals surface area contributed by atoms with E-state index in [1.807, 2.05) is 129 Å². The first kappa shape index (κ1) is 78.6. The average molecular weight is 1580 g/mol. The number of pyridine rings is 4. The summed E-state index contributed by atoms with van der Waals surface area (Å²) >= 11 is 20.2. The molecule has 0 radical (unpaired) electrons. The van der Waals surface area contributed by atoms with Gasteiger partial charge in [0.2, 0.25) is 0 Å². The van der Waals surface area contributed by atoms with Crippen LogP contribution in [0.2, 0.25) is 15.1 Å². The molecule has 8 heterocycles. The zero-order valence-corrected chi connectivity index (χ0v) is 66.0. The highest BCUT2D eigenvalue weighted by molar-refractivity contribution is 6.45. The quantitative estimate of drug-likeness (QED) is 0.0417. The summed E-state index contributed by atoms with van der Waals surface area (Å²) in [7, 11) is 0. The molecule has 8 aromatic heterocycles. The summed E-state index contributed by atoms with van der Waals surface area (Å²) in [6.07, 6.45) is 20.6. The molecule has 0 bridgehead atoms. The van der Waals surface area contributed by atoms with E-state index in [9.17, 15) is 0 Å². The summed E-state index contributed by atoms with van der Waals surface area (Å²) < 4.78 is 6.38. The lowest BCUT2D eigenvalue weighted by molar-refractivity contribution is 0.591. The maximum absolute atomic E-state index is 9.04. The van der Waals surface area contributed by atoms with Gasteiger partial charge in [0.15, 0.2) is 0 Å². The third-order valence-corrected chi connectivity index (χ3v) is 20.6. The van der Waals surface area contributed by atoms with Crippen LogP contribution in [-0.4, -0.2) is 59.1 Å².